The van der Waals surface area contributed by atoms with E-state index >= 15 is 0 Å². The molecule has 1 nitrogen and oxygen atoms in total. The van der Waals surface area contributed by atoms with E-state index in [1.807, 2.05) is 24.3 Å². The summed E-state index contributed by atoms with van der Waals surface area (Å²) in [6.45, 7) is 0. The van der Waals surface area contributed by atoms with Gasteiger partial charge in [-0.25, -0.2) is 0 Å². The summed E-state index contributed by atoms with van der Waals surface area (Å²) in [6, 6.07) is 10.4. The molecule has 0 unspecified atom stereocenters. The minimum absolute atomic E-state index is 0. The van der Waals surface area contributed by atoms with Gasteiger partial charge in [-0.15, -0.1) is 12.1 Å². The zero-order chi connectivity index (χ0) is 5.82. The fraction of sp³-hybridized carbons (Fsp3) is 0.125. The van der Waals surface area contributed by atoms with E-state index in [9.17, 15) is 0 Å². The van der Waals surface area contributed by atoms with Crippen LogP contribution in [-0.4, -0.2) is 7.11 Å². The molecule has 0 saturated heterocycles. The van der Waals surface area contributed by atoms with Crippen LogP contribution in [0.2, 0.25) is 0 Å². The number of ether oxygens (including phenoxy) is 1. The third kappa shape index (κ3) is 3.68. The van der Waals surface area contributed by atoms with Gasteiger partial charge in [0.25, 0.3) is 0 Å². The van der Waals surface area contributed by atoms with Crippen LogP contribution in [0.4, 0.5) is 0 Å². The molecule has 0 atom stereocenters. The van der Waals surface area contributed by atoms with Crippen LogP contribution in [0.15, 0.2) is 24.3 Å². The van der Waals surface area contributed by atoms with Crippen molar-refractivity contribution < 1.29 is 25.8 Å². The summed E-state index contributed by atoms with van der Waals surface area (Å²) < 4.78 is 4.86. The van der Waals surface area contributed by atoms with Crippen molar-refractivity contribution in [3.8, 4) is 5.75 Å². The van der Waals surface area contributed by atoms with Crippen molar-refractivity contribution in [3.05, 3.63) is 37.8 Å². The molecule has 0 saturated carbocycles. The minimum atomic E-state index is 0. The van der Waals surface area contributed by atoms with Gasteiger partial charge < -0.3 is 12.2 Å². The van der Waals surface area contributed by atoms with Crippen molar-refractivity contribution in [3.63, 3.8) is 0 Å². The van der Waals surface area contributed by atoms with E-state index in [1.165, 1.54) is 0 Å². The number of rotatable bonds is 1. The van der Waals surface area contributed by atoms with Gasteiger partial charge in [0.05, 0.1) is 7.11 Å². The van der Waals surface area contributed by atoms with E-state index in [0.717, 1.165) is 5.75 Å². The van der Waals surface area contributed by atoms with Crippen molar-refractivity contribution >= 4 is 0 Å². The summed E-state index contributed by atoms with van der Waals surface area (Å²) in [6.07, 6.45) is 0. The van der Waals surface area contributed by atoms with Gasteiger partial charge in [-0.1, -0.05) is 0 Å². The normalized spacial score (nSPS) is 6.90. The smallest absolute Gasteiger partial charge is 0.523 e. The summed E-state index contributed by atoms with van der Waals surface area (Å²) in [5, 5.41) is 0. The number of benzene rings is 1. The molecule has 10 heavy (non-hydrogen) atoms. The first kappa shape index (κ1) is 12.4. The van der Waals surface area contributed by atoms with E-state index in [2.05, 4.69) is 6.07 Å². The van der Waals surface area contributed by atoms with Gasteiger partial charge in [0.15, 0.2) is 0 Å². The van der Waals surface area contributed by atoms with Crippen LogP contribution in [-0.2, 0) is 21.1 Å². The quantitative estimate of drug-likeness (QED) is 0.720. The Labute approximate surface area is 76.7 Å². The topological polar surface area (TPSA) is 9.23 Å². The summed E-state index contributed by atoms with van der Waals surface area (Å²) in [4.78, 5) is 0. The second kappa shape index (κ2) is 6.82. The first-order valence-electron chi connectivity index (χ1n) is 2.44. The maximum atomic E-state index is 4.86. The number of hydrogen-bond acceptors (Lipinski definition) is 1. The second-order valence-corrected chi connectivity index (χ2v) is 1.43. The Hall–Kier alpha value is -0.292. The van der Waals surface area contributed by atoms with Crippen LogP contribution in [0.25, 0.3) is 0 Å². The Morgan fingerprint density at radius 2 is 2.10 bits per heavy atom. The molecule has 0 aliphatic heterocycles. The Kier molecular flexibility index (Phi) is 8.45. The molecule has 0 amide bonds. The van der Waals surface area contributed by atoms with Crippen LogP contribution in [0.1, 0.15) is 0 Å². The van der Waals surface area contributed by atoms with E-state index in [1.54, 1.807) is 7.11 Å². The van der Waals surface area contributed by atoms with Crippen molar-refractivity contribution in [2.75, 3.05) is 7.11 Å². The summed E-state index contributed by atoms with van der Waals surface area (Å²) >= 11 is 0. The van der Waals surface area contributed by atoms with Gasteiger partial charge in [0, 0.05) is 5.75 Å². The van der Waals surface area contributed by atoms with Gasteiger partial charge in [0.2, 0.25) is 0 Å². The van der Waals surface area contributed by atoms with E-state index in [0.29, 0.717) is 0 Å². The molecule has 0 bridgehead atoms. The third-order valence-electron chi connectivity index (χ3n) is 0.900. The maximum absolute atomic E-state index is 4.86. The monoisotopic (exact) mass is 317 g/mol. The van der Waals surface area contributed by atoms with Crippen LogP contribution in [0, 0.1) is 13.5 Å². The molecular weight excluding hydrogens is 307 g/mol. The van der Waals surface area contributed by atoms with Gasteiger partial charge >= 0.3 is 21.1 Å². The Morgan fingerprint density at radius 1 is 1.40 bits per heavy atom. The number of hydrogen-bond donors (Lipinski definition) is 0. The molecular formula is C8H10OPt. The summed E-state index contributed by atoms with van der Waals surface area (Å²) in [7, 11) is 1.63. The van der Waals surface area contributed by atoms with E-state index < -0.39 is 0 Å². The Morgan fingerprint density at radius 3 is 2.40 bits per heavy atom. The Balaban J connectivity index is 0. The second-order valence-electron chi connectivity index (χ2n) is 1.43. The molecule has 0 N–H and O–H groups in total. The molecule has 0 radical (unpaired) electrons. The zero-order valence-corrected chi connectivity index (χ0v) is 8.31. The predicted molar refractivity (Wildman–Crippen MR) is 38.2 cm³/mol. The minimum Gasteiger partial charge on any atom is -0.523 e. The van der Waals surface area contributed by atoms with Crippen molar-refractivity contribution in [2.45, 2.75) is 0 Å². The first-order chi connectivity index (χ1) is 3.93. The summed E-state index contributed by atoms with van der Waals surface area (Å²) in [5.74, 6) is 0.785. The molecule has 2 heteroatoms. The van der Waals surface area contributed by atoms with Crippen LogP contribution in [0.3, 0.4) is 0 Å². The van der Waals surface area contributed by atoms with Crippen molar-refractivity contribution in [1.29, 1.82) is 0 Å². The molecule has 0 aromatic heterocycles. The number of methoxy groups -OCH3 is 1. The fourth-order valence-electron chi connectivity index (χ4n) is 0.504. The molecule has 1 aromatic rings. The molecule has 0 heterocycles. The van der Waals surface area contributed by atoms with Crippen LogP contribution in [0.5, 0.6) is 5.75 Å². The number of para-hydroxylation sites is 1. The average molecular weight is 317 g/mol. The zero-order valence-electron chi connectivity index (χ0n) is 6.03. The van der Waals surface area contributed by atoms with Gasteiger partial charge in [-0.05, 0) is 0 Å². The molecule has 0 aliphatic carbocycles. The molecule has 0 aliphatic rings. The SMILES string of the molecule is COc1[c-]cccc1.[CH3-].[Pt+2]. The Bertz CT molecular complexity index is 151. The predicted octanol–water partition coefficient (Wildman–Crippen LogP) is 1.94. The molecule has 0 spiro atoms. The molecule has 1 rings (SSSR count). The largest absolute Gasteiger partial charge is 2.00 e. The van der Waals surface area contributed by atoms with Gasteiger partial charge in [-0.3, -0.25) is 0 Å². The van der Waals surface area contributed by atoms with Crippen LogP contribution < -0.4 is 4.74 Å². The van der Waals surface area contributed by atoms with Crippen molar-refractivity contribution in [2.24, 2.45) is 0 Å². The van der Waals surface area contributed by atoms with Crippen LogP contribution >= 0.6 is 0 Å². The third-order valence-corrected chi connectivity index (χ3v) is 0.900. The van der Waals surface area contributed by atoms with Gasteiger partial charge in [-0.2, -0.15) is 18.2 Å². The molecule has 1 aromatic carbocycles. The maximum Gasteiger partial charge on any atom is 2.00 e. The van der Waals surface area contributed by atoms with Gasteiger partial charge in [0.1, 0.15) is 0 Å². The van der Waals surface area contributed by atoms with E-state index in [4.69, 9.17) is 4.74 Å². The first-order valence-corrected chi connectivity index (χ1v) is 2.44. The molecule has 58 valence electrons. The van der Waals surface area contributed by atoms with E-state index in [-0.39, 0.29) is 28.5 Å². The van der Waals surface area contributed by atoms with Crippen molar-refractivity contribution in [1.82, 2.24) is 0 Å². The standard InChI is InChI=1S/C7H7O.CH3.Pt/c1-8-7-5-3-2-4-6-7;;/h2-5H,1H3;1H3;/q2*-1;+2. The fourth-order valence-corrected chi connectivity index (χ4v) is 0.504. The summed E-state index contributed by atoms with van der Waals surface area (Å²) in [5.41, 5.74) is 0. The molecule has 0 fully saturated rings. The average Bonchev–Trinajstić information content (AvgIpc) is 1.90.